The van der Waals surface area contributed by atoms with Crippen LogP contribution < -0.4 is 14.9 Å². The van der Waals surface area contributed by atoms with Crippen LogP contribution in [-0.4, -0.2) is 16.8 Å². The van der Waals surface area contributed by atoms with Gasteiger partial charge in [-0.3, -0.25) is 4.79 Å². The monoisotopic (exact) mass is 304 g/mol. The molecular formula is C18H12N2O3. The van der Waals surface area contributed by atoms with Crippen LogP contribution in [0, 0.1) is 0 Å². The lowest BCUT2D eigenvalue weighted by Gasteiger charge is -2.05. The predicted octanol–water partition coefficient (Wildman–Crippen LogP) is 3.41. The molecule has 0 radical (unpaired) electrons. The fourth-order valence-corrected chi connectivity index (χ4v) is 3.08. The van der Waals surface area contributed by atoms with Gasteiger partial charge in [0, 0.05) is 40.2 Å². The van der Waals surface area contributed by atoms with Crippen molar-refractivity contribution in [3.8, 4) is 22.8 Å². The minimum absolute atomic E-state index is 0.0441. The summed E-state index contributed by atoms with van der Waals surface area (Å²) in [5.74, 6) is 1.27. The average molecular weight is 304 g/mol. The van der Waals surface area contributed by atoms with E-state index in [-0.39, 0.29) is 12.2 Å². The first-order valence-corrected chi connectivity index (χ1v) is 7.33. The van der Waals surface area contributed by atoms with E-state index < -0.39 is 0 Å². The van der Waals surface area contributed by atoms with Crippen molar-refractivity contribution >= 4 is 21.8 Å². The highest BCUT2D eigenvalue weighted by molar-refractivity contribution is 5.96. The molecule has 5 heteroatoms. The summed E-state index contributed by atoms with van der Waals surface area (Å²) in [5, 5.41) is 1.67. The topological polar surface area (TPSA) is 67.1 Å². The van der Waals surface area contributed by atoms with Crippen molar-refractivity contribution in [1.82, 2.24) is 9.97 Å². The molecule has 4 aromatic rings. The van der Waals surface area contributed by atoms with Crippen molar-refractivity contribution in [3.63, 3.8) is 0 Å². The molecule has 2 aromatic heterocycles. The Morgan fingerprint density at radius 2 is 1.74 bits per heavy atom. The number of hydrogen-bond donors (Lipinski definition) is 2. The van der Waals surface area contributed by atoms with E-state index in [1.54, 1.807) is 12.1 Å². The summed E-state index contributed by atoms with van der Waals surface area (Å²) in [7, 11) is 0. The number of aromatic amines is 2. The number of benzene rings is 2. The van der Waals surface area contributed by atoms with Crippen LogP contribution in [0.4, 0.5) is 0 Å². The van der Waals surface area contributed by atoms with Crippen molar-refractivity contribution in [1.29, 1.82) is 0 Å². The van der Waals surface area contributed by atoms with Crippen LogP contribution >= 0.6 is 0 Å². The summed E-state index contributed by atoms with van der Waals surface area (Å²) in [6.07, 6.45) is 1.91. The molecule has 112 valence electrons. The van der Waals surface area contributed by atoms with Gasteiger partial charge < -0.3 is 19.4 Å². The maximum absolute atomic E-state index is 12.5. The third-order valence-electron chi connectivity index (χ3n) is 4.20. The molecule has 2 N–H and O–H groups in total. The SMILES string of the molecule is O=c1cc(-c2c[nH]c3ccccc23)[nH]c2cc3c(cc12)OCO3. The van der Waals surface area contributed by atoms with E-state index in [1.165, 1.54) is 0 Å². The van der Waals surface area contributed by atoms with E-state index in [0.717, 1.165) is 27.7 Å². The van der Waals surface area contributed by atoms with E-state index >= 15 is 0 Å². The Bertz CT molecular complexity index is 1120. The van der Waals surface area contributed by atoms with Gasteiger partial charge in [-0.25, -0.2) is 0 Å². The largest absolute Gasteiger partial charge is 0.454 e. The molecule has 1 aliphatic rings. The Balaban J connectivity index is 1.80. The first kappa shape index (κ1) is 12.3. The highest BCUT2D eigenvalue weighted by Crippen LogP contribution is 2.35. The van der Waals surface area contributed by atoms with Crippen molar-refractivity contribution in [2.24, 2.45) is 0 Å². The summed E-state index contributed by atoms with van der Waals surface area (Å²) >= 11 is 0. The van der Waals surface area contributed by atoms with Gasteiger partial charge in [-0.15, -0.1) is 0 Å². The number of pyridine rings is 1. The second-order valence-corrected chi connectivity index (χ2v) is 5.55. The van der Waals surface area contributed by atoms with Crippen LogP contribution in [0.1, 0.15) is 0 Å². The van der Waals surface area contributed by atoms with Crippen molar-refractivity contribution in [2.45, 2.75) is 0 Å². The molecule has 0 aliphatic carbocycles. The van der Waals surface area contributed by atoms with Gasteiger partial charge in [-0.1, -0.05) is 18.2 Å². The summed E-state index contributed by atoms with van der Waals surface area (Å²) in [4.78, 5) is 19.1. The highest BCUT2D eigenvalue weighted by atomic mass is 16.7. The summed E-state index contributed by atoms with van der Waals surface area (Å²) in [6.45, 7) is 0.190. The Morgan fingerprint density at radius 3 is 2.65 bits per heavy atom. The molecule has 0 bridgehead atoms. The molecule has 0 fully saturated rings. The van der Waals surface area contributed by atoms with E-state index in [1.807, 2.05) is 36.5 Å². The van der Waals surface area contributed by atoms with Crippen LogP contribution in [0.2, 0.25) is 0 Å². The molecule has 5 rings (SSSR count). The number of fused-ring (bicyclic) bond motifs is 3. The highest BCUT2D eigenvalue weighted by Gasteiger charge is 2.16. The number of nitrogens with one attached hydrogen (secondary N) is 2. The second kappa shape index (κ2) is 4.39. The van der Waals surface area contributed by atoms with Crippen molar-refractivity contribution < 1.29 is 9.47 Å². The summed E-state index contributed by atoms with van der Waals surface area (Å²) in [5.41, 5.74) is 3.48. The molecule has 5 nitrogen and oxygen atoms in total. The first-order valence-electron chi connectivity index (χ1n) is 7.33. The van der Waals surface area contributed by atoms with Crippen molar-refractivity contribution in [3.05, 3.63) is 58.9 Å². The van der Waals surface area contributed by atoms with Gasteiger partial charge in [0.2, 0.25) is 6.79 Å². The minimum Gasteiger partial charge on any atom is -0.454 e. The maximum Gasteiger partial charge on any atom is 0.231 e. The Hall–Kier alpha value is -3.21. The van der Waals surface area contributed by atoms with Gasteiger partial charge in [0.25, 0.3) is 0 Å². The minimum atomic E-state index is -0.0441. The van der Waals surface area contributed by atoms with Gasteiger partial charge in [-0.2, -0.15) is 0 Å². The summed E-state index contributed by atoms with van der Waals surface area (Å²) in [6, 6.07) is 13.2. The zero-order chi connectivity index (χ0) is 15.4. The first-order chi connectivity index (χ1) is 11.3. The average Bonchev–Trinajstić information content (AvgIpc) is 3.19. The third-order valence-corrected chi connectivity index (χ3v) is 4.20. The van der Waals surface area contributed by atoms with Crippen LogP contribution in [0.3, 0.4) is 0 Å². The Morgan fingerprint density at radius 1 is 0.913 bits per heavy atom. The maximum atomic E-state index is 12.5. The molecular weight excluding hydrogens is 292 g/mol. The third kappa shape index (κ3) is 1.76. The molecule has 0 spiro atoms. The molecule has 1 aliphatic heterocycles. The molecule has 0 saturated carbocycles. The number of hydrogen-bond acceptors (Lipinski definition) is 3. The van der Waals surface area contributed by atoms with Crippen LogP contribution in [-0.2, 0) is 0 Å². The molecule has 0 atom stereocenters. The number of H-pyrrole nitrogens is 2. The van der Waals surface area contributed by atoms with Gasteiger partial charge >= 0.3 is 0 Å². The van der Waals surface area contributed by atoms with Crippen LogP contribution in [0.15, 0.2) is 53.5 Å². The number of aromatic nitrogens is 2. The van der Waals surface area contributed by atoms with E-state index in [2.05, 4.69) is 9.97 Å². The fraction of sp³-hybridized carbons (Fsp3) is 0.0556. The van der Waals surface area contributed by atoms with Gasteiger partial charge in [0.15, 0.2) is 16.9 Å². The molecule has 0 unspecified atom stereocenters. The number of rotatable bonds is 1. The molecule has 0 amide bonds. The van der Waals surface area contributed by atoms with Crippen LogP contribution in [0.25, 0.3) is 33.1 Å². The lowest BCUT2D eigenvalue weighted by Crippen LogP contribution is -2.02. The Kier molecular flexibility index (Phi) is 2.36. The second-order valence-electron chi connectivity index (χ2n) is 5.55. The molecule has 3 heterocycles. The lowest BCUT2D eigenvalue weighted by molar-refractivity contribution is 0.174. The molecule has 2 aromatic carbocycles. The molecule has 23 heavy (non-hydrogen) atoms. The van der Waals surface area contributed by atoms with Gasteiger partial charge in [0.05, 0.1) is 11.2 Å². The predicted molar refractivity (Wildman–Crippen MR) is 88.0 cm³/mol. The van der Waals surface area contributed by atoms with E-state index in [9.17, 15) is 4.79 Å². The normalized spacial score (nSPS) is 13.0. The Labute approximate surface area is 130 Å². The quantitative estimate of drug-likeness (QED) is 0.566. The van der Waals surface area contributed by atoms with E-state index in [4.69, 9.17) is 9.47 Å². The van der Waals surface area contributed by atoms with Gasteiger partial charge in [-0.05, 0) is 12.1 Å². The smallest absolute Gasteiger partial charge is 0.231 e. The number of para-hydroxylation sites is 1. The molecule has 0 saturated heterocycles. The number of ether oxygens (including phenoxy) is 2. The zero-order valence-corrected chi connectivity index (χ0v) is 12.1. The summed E-state index contributed by atoms with van der Waals surface area (Å²) < 4.78 is 10.7. The standard InChI is InChI=1S/C18H12N2O3/c21-16-6-14(12-8-19-13-4-2-1-3-10(12)13)20-15-7-18-17(5-11(15)16)22-9-23-18/h1-8,19H,9H2,(H,20,21). The van der Waals surface area contributed by atoms with E-state index in [0.29, 0.717) is 16.9 Å². The zero-order valence-electron chi connectivity index (χ0n) is 12.1. The van der Waals surface area contributed by atoms with Crippen molar-refractivity contribution in [2.75, 3.05) is 6.79 Å². The lowest BCUT2D eigenvalue weighted by atomic mass is 10.1. The van der Waals surface area contributed by atoms with Crippen LogP contribution in [0.5, 0.6) is 11.5 Å². The van der Waals surface area contributed by atoms with Gasteiger partial charge in [0.1, 0.15) is 0 Å². The fourth-order valence-electron chi connectivity index (χ4n) is 3.08.